The largest absolute Gasteiger partial charge is 0.458 e. The van der Waals surface area contributed by atoms with Gasteiger partial charge in [-0.05, 0) is 103 Å². The number of thioether (sulfide) groups is 1. The van der Waals surface area contributed by atoms with Crippen LogP contribution in [-0.2, 0) is 30.3 Å². The second-order valence-electron chi connectivity index (χ2n) is 15.0. The number of esters is 1. The Morgan fingerprint density at radius 1 is 0.820 bits per heavy atom. The molecule has 0 heterocycles. The molecule has 2 aromatic carbocycles. The summed E-state index contributed by atoms with van der Waals surface area (Å²) in [6, 6.07) is 12.5. The zero-order valence-corrected chi connectivity index (χ0v) is 32.3. The van der Waals surface area contributed by atoms with E-state index in [9.17, 15) is 19.2 Å². The van der Waals surface area contributed by atoms with E-state index in [0.717, 1.165) is 12.0 Å². The minimum absolute atomic E-state index is 0.165. The van der Waals surface area contributed by atoms with Crippen LogP contribution in [-0.4, -0.2) is 70.1 Å². The van der Waals surface area contributed by atoms with Crippen molar-refractivity contribution in [2.45, 2.75) is 123 Å². The molecule has 0 saturated heterocycles. The minimum Gasteiger partial charge on any atom is -0.458 e. The molecule has 0 aliphatic heterocycles. The summed E-state index contributed by atoms with van der Waals surface area (Å²) in [5.41, 5.74) is 0.0868. The summed E-state index contributed by atoms with van der Waals surface area (Å²) >= 11 is 1.54. The van der Waals surface area contributed by atoms with E-state index in [1.165, 1.54) is 16.7 Å². The Labute approximate surface area is 304 Å². The highest BCUT2D eigenvalue weighted by Gasteiger charge is 2.41. The second kappa shape index (κ2) is 19.4. The topological polar surface area (TPSA) is 114 Å². The fraction of sp³-hybridized carbons (Fsp3) is 0.550. The van der Waals surface area contributed by atoms with Gasteiger partial charge < -0.3 is 25.0 Å². The Hall–Kier alpha value is -3.97. The molecule has 2 aromatic rings. The molecule has 4 unspecified atom stereocenters. The molecule has 4 atom stereocenters. The lowest BCUT2D eigenvalue weighted by Crippen LogP contribution is -2.57. The molecule has 0 aliphatic rings. The lowest BCUT2D eigenvalue weighted by atomic mass is 9.93. The number of alkyl carbamates (subject to hydrolysis) is 1. The van der Waals surface area contributed by atoms with Gasteiger partial charge in [-0.1, -0.05) is 68.3 Å². The van der Waals surface area contributed by atoms with Gasteiger partial charge in [0.15, 0.2) is 0 Å². The number of terminal acetylenes is 1. The zero-order chi connectivity index (χ0) is 37.6. The maximum atomic E-state index is 14.9. The lowest BCUT2D eigenvalue weighted by Gasteiger charge is -2.39. The maximum Gasteiger partial charge on any atom is 0.408 e. The number of ether oxygens (including phenoxy) is 2. The average molecular weight is 708 g/mol. The SMILES string of the molecule is C#Cc1ccccc1C(C(=O)NC(Cc1ccccc1)C(=O)OC(C)(C)C)N(C(=O)C(CCSC)NC(=O)OC(C)(C)C)C(C)CCC(C)C. The summed E-state index contributed by atoms with van der Waals surface area (Å²) < 4.78 is 11.3. The molecule has 2 rings (SSSR count). The van der Waals surface area contributed by atoms with Crippen LogP contribution >= 0.6 is 11.8 Å². The molecule has 274 valence electrons. The summed E-state index contributed by atoms with van der Waals surface area (Å²) in [7, 11) is 0. The first-order chi connectivity index (χ1) is 23.4. The lowest BCUT2D eigenvalue weighted by molar-refractivity contribution is -0.159. The number of carbonyl (C=O) groups excluding carboxylic acids is 4. The van der Waals surface area contributed by atoms with Gasteiger partial charge in [-0.3, -0.25) is 9.59 Å². The van der Waals surface area contributed by atoms with Crippen molar-refractivity contribution in [3.8, 4) is 12.3 Å². The van der Waals surface area contributed by atoms with Gasteiger partial charge in [-0.15, -0.1) is 6.42 Å². The van der Waals surface area contributed by atoms with Crippen LogP contribution in [0.25, 0.3) is 0 Å². The summed E-state index contributed by atoms with van der Waals surface area (Å²) in [5.74, 6) is 1.92. The summed E-state index contributed by atoms with van der Waals surface area (Å²) in [6.07, 6.45) is 8.98. The molecule has 10 heteroatoms. The van der Waals surface area contributed by atoms with Gasteiger partial charge in [0.2, 0.25) is 11.8 Å². The van der Waals surface area contributed by atoms with E-state index in [2.05, 4.69) is 30.4 Å². The minimum atomic E-state index is -1.24. The number of benzene rings is 2. The normalized spacial score (nSPS) is 14.0. The van der Waals surface area contributed by atoms with Crippen LogP contribution in [0.5, 0.6) is 0 Å². The van der Waals surface area contributed by atoms with Gasteiger partial charge in [-0.2, -0.15) is 11.8 Å². The average Bonchev–Trinajstić information content (AvgIpc) is 3.02. The van der Waals surface area contributed by atoms with Crippen LogP contribution < -0.4 is 10.6 Å². The highest BCUT2D eigenvalue weighted by molar-refractivity contribution is 7.98. The molecule has 0 spiro atoms. The smallest absolute Gasteiger partial charge is 0.408 e. The fourth-order valence-electron chi connectivity index (χ4n) is 5.39. The van der Waals surface area contributed by atoms with E-state index in [4.69, 9.17) is 15.9 Å². The first kappa shape index (κ1) is 42.2. The number of nitrogens with zero attached hydrogens (tertiary/aromatic N) is 1. The van der Waals surface area contributed by atoms with Gasteiger partial charge in [0.25, 0.3) is 0 Å². The molecule has 0 fully saturated rings. The van der Waals surface area contributed by atoms with E-state index >= 15 is 0 Å². The molecule has 0 aromatic heterocycles. The molecule has 0 bridgehead atoms. The van der Waals surface area contributed by atoms with Crippen molar-refractivity contribution in [1.29, 1.82) is 0 Å². The van der Waals surface area contributed by atoms with Crippen LogP contribution in [0.1, 0.15) is 104 Å². The number of hydrogen-bond donors (Lipinski definition) is 2. The quantitative estimate of drug-likeness (QED) is 0.142. The fourth-order valence-corrected chi connectivity index (χ4v) is 5.86. The molecule has 2 N–H and O–H groups in total. The number of hydrogen-bond acceptors (Lipinski definition) is 7. The number of carbonyl (C=O) groups is 4. The molecule has 0 saturated carbocycles. The third-order valence-corrected chi connectivity index (χ3v) is 8.36. The Bertz CT molecular complexity index is 1460. The van der Waals surface area contributed by atoms with Crippen LogP contribution in [0.4, 0.5) is 4.79 Å². The predicted molar refractivity (Wildman–Crippen MR) is 202 cm³/mol. The van der Waals surface area contributed by atoms with Gasteiger partial charge in [0.05, 0.1) is 0 Å². The first-order valence-corrected chi connectivity index (χ1v) is 18.7. The van der Waals surface area contributed by atoms with Gasteiger partial charge in [0.1, 0.15) is 29.3 Å². The van der Waals surface area contributed by atoms with Crippen molar-refractivity contribution in [2.75, 3.05) is 12.0 Å². The number of amides is 3. The standard InChI is InChI=1S/C40H57N3O6S/c1-12-30-20-16-17-21-31(30)34(35(44)41-33(37(46)48-39(5,6)7)26-29-18-14-13-15-19-29)43(28(4)23-22-27(2)3)36(45)32(24-25-50-11)42-38(47)49-40(8,9)10/h1,13-21,27-28,32-34H,22-26H2,2-11H3,(H,41,44)(H,42,47). The van der Waals surface area contributed by atoms with Crippen LogP contribution in [0.2, 0.25) is 0 Å². The molecule has 9 nitrogen and oxygen atoms in total. The maximum absolute atomic E-state index is 14.9. The summed E-state index contributed by atoms with van der Waals surface area (Å²) in [5, 5.41) is 5.74. The summed E-state index contributed by atoms with van der Waals surface area (Å²) in [6.45, 7) is 16.6. The number of rotatable bonds is 16. The Morgan fingerprint density at radius 3 is 1.98 bits per heavy atom. The van der Waals surface area contributed by atoms with Crippen LogP contribution in [0, 0.1) is 18.3 Å². The van der Waals surface area contributed by atoms with Crippen molar-refractivity contribution in [3.63, 3.8) is 0 Å². The Morgan fingerprint density at radius 2 is 1.42 bits per heavy atom. The van der Waals surface area contributed by atoms with Crippen molar-refractivity contribution in [2.24, 2.45) is 5.92 Å². The Balaban J connectivity index is 2.76. The first-order valence-electron chi connectivity index (χ1n) is 17.3. The molecule has 0 radical (unpaired) electrons. The van der Waals surface area contributed by atoms with E-state index in [-0.39, 0.29) is 6.42 Å². The monoisotopic (exact) mass is 707 g/mol. The second-order valence-corrected chi connectivity index (χ2v) is 16.0. The molecule has 0 aliphatic carbocycles. The van der Waals surface area contributed by atoms with Gasteiger partial charge in [0, 0.05) is 18.0 Å². The third-order valence-electron chi connectivity index (χ3n) is 7.72. The molecular formula is C40H57N3O6S. The van der Waals surface area contributed by atoms with Crippen molar-refractivity contribution >= 4 is 35.6 Å². The van der Waals surface area contributed by atoms with Crippen molar-refractivity contribution in [1.82, 2.24) is 15.5 Å². The van der Waals surface area contributed by atoms with E-state index in [1.54, 1.807) is 65.8 Å². The third kappa shape index (κ3) is 14.1. The zero-order valence-electron chi connectivity index (χ0n) is 31.5. The van der Waals surface area contributed by atoms with E-state index in [1.807, 2.05) is 43.5 Å². The molecule has 3 amide bonds. The van der Waals surface area contributed by atoms with Crippen molar-refractivity contribution < 1.29 is 28.7 Å². The molecular weight excluding hydrogens is 651 g/mol. The molecule has 50 heavy (non-hydrogen) atoms. The summed E-state index contributed by atoms with van der Waals surface area (Å²) in [4.78, 5) is 57.9. The van der Waals surface area contributed by atoms with Crippen LogP contribution in [0.3, 0.4) is 0 Å². The highest BCUT2D eigenvalue weighted by Crippen LogP contribution is 2.30. The van der Waals surface area contributed by atoms with E-state index in [0.29, 0.717) is 35.6 Å². The van der Waals surface area contributed by atoms with Crippen LogP contribution in [0.15, 0.2) is 54.6 Å². The predicted octanol–water partition coefficient (Wildman–Crippen LogP) is 7.08. The number of nitrogens with one attached hydrogen (secondary N) is 2. The van der Waals surface area contributed by atoms with E-state index < -0.39 is 59.2 Å². The van der Waals surface area contributed by atoms with Crippen molar-refractivity contribution in [3.05, 3.63) is 71.3 Å². The van der Waals surface area contributed by atoms with Gasteiger partial charge in [-0.25, -0.2) is 9.59 Å². The highest BCUT2D eigenvalue weighted by atomic mass is 32.2. The van der Waals surface area contributed by atoms with Gasteiger partial charge >= 0.3 is 12.1 Å². The Kier molecular flexibility index (Phi) is 16.4.